The minimum Gasteiger partial charge on any atom is -0.354 e. The van der Waals surface area contributed by atoms with Crippen molar-refractivity contribution in [1.29, 1.82) is 5.41 Å². The van der Waals surface area contributed by atoms with Gasteiger partial charge in [0.1, 0.15) is 5.71 Å². The van der Waals surface area contributed by atoms with Gasteiger partial charge in [0, 0.05) is 12.6 Å². The van der Waals surface area contributed by atoms with Gasteiger partial charge in [-0.15, -0.1) is 0 Å². The number of carbonyl (C=O) groups is 1. The smallest absolute Gasteiger partial charge is 0.269 e. The molecular formula is C10H13N3O2. The molecule has 0 fully saturated rings. The summed E-state index contributed by atoms with van der Waals surface area (Å²) in [5, 5.41) is 9.93. The number of nitrogens with one attached hydrogen (secondary N) is 2. The summed E-state index contributed by atoms with van der Waals surface area (Å²) in [6.45, 7) is 0.313. The zero-order chi connectivity index (χ0) is 11.3. The summed E-state index contributed by atoms with van der Waals surface area (Å²) in [7, 11) is 1.49. The minimum atomic E-state index is -0.405. The lowest BCUT2D eigenvalue weighted by Gasteiger charge is -2.03. The van der Waals surface area contributed by atoms with E-state index in [9.17, 15) is 4.79 Å². The van der Waals surface area contributed by atoms with Crippen molar-refractivity contribution in [1.82, 2.24) is 5.32 Å². The van der Waals surface area contributed by atoms with E-state index in [1.54, 1.807) is 24.3 Å². The van der Waals surface area contributed by atoms with Crippen LogP contribution in [0.4, 0.5) is 0 Å². The van der Waals surface area contributed by atoms with Crippen LogP contribution in [0.5, 0.6) is 0 Å². The van der Waals surface area contributed by atoms with Gasteiger partial charge in [-0.2, -0.15) is 0 Å². The number of hydrogen-bond acceptors (Lipinski definition) is 4. The molecule has 0 aliphatic heterocycles. The first-order chi connectivity index (χ1) is 7.19. The first-order valence-corrected chi connectivity index (χ1v) is 4.40. The standard InChI is InChI=1S/C10H13N3O2/c1-13-10(14)9(11)8-4-2-7(3-5-8)6-15-12/h2-5,11H,6,12H2,1H3,(H,13,14). The van der Waals surface area contributed by atoms with Gasteiger partial charge in [-0.25, -0.2) is 5.90 Å². The van der Waals surface area contributed by atoms with Crippen LogP contribution in [0.25, 0.3) is 0 Å². The van der Waals surface area contributed by atoms with E-state index >= 15 is 0 Å². The highest BCUT2D eigenvalue weighted by molar-refractivity contribution is 6.44. The van der Waals surface area contributed by atoms with E-state index in [4.69, 9.17) is 11.3 Å². The van der Waals surface area contributed by atoms with Gasteiger partial charge in [0.2, 0.25) is 0 Å². The van der Waals surface area contributed by atoms with Gasteiger partial charge in [0.25, 0.3) is 5.91 Å². The Bertz CT molecular complexity index is 359. The first-order valence-electron chi connectivity index (χ1n) is 4.40. The molecular weight excluding hydrogens is 194 g/mol. The third kappa shape index (κ3) is 2.87. The number of carbonyl (C=O) groups excluding carboxylic acids is 1. The molecule has 4 N–H and O–H groups in total. The maximum atomic E-state index is 11.1. The summed E-state index contributed by atoms with van der Waals surface area (Å²) < 4.78 is 0. The van der Waals surface area contributed by atoms with Gasteiger partial charge in [0.05, 0.1) is 6.61 Å². The van der Waals surface area contributed by atoms with Gasteiger partial charge < -0.3 is 5.32 Å². The van der Waals surface area contributed by atoms with Crippen molar-refractivity contribution in [2.75, 3.05) is 7.05 Å². The Kier molecular flexibility index (Phi) is 3.96. The molecule has 0 aliphatic rings. The summed E-state index contributed by atoms with van der Waals surface area (Å²) in [4.78, 5) is 15.6. The molecule has 0 bridgehead atoms. The molecule has 0 heterocycles. The Morgan fingerprint density at radius 2 is 2.07 bits per heavy atom. The SMILES string of the molecule is CNC(=O)C(=N)c1ccc(CON)cc1. The largest absolute Gasteiger partial charge is 0.354 e. The number of nitrogens with two attached hydrogens (primary N) is 1. The average Bonchev–Trinajstić information content (AvgIpc) is 2.28. The lowest BCUT2D eigenvalue weighted by molar-refractivity contribution is -0.114. The second-order valence-corrected chi connectivity index (χ2v) is 2.96. The highest BCUT2D eigenvalue weighted by Gasteiger charge is 2.09. The van der Waals surface area contributed by atoms with E-state index in [1.165, 1.54) is 7.05 Å². The number of benzene rings is 1. The molecule has 0 spiro atoms. The van der Waals surface area contributed by atoms with E-state index in [0.717, 1.165) is 5.56 Å². The Morgan fingerprint density at radius 3 is 2.53 bits per heavy atom. The topological polar surface area (TPSA) is 88.2 Å². The third-order valence-electron chi connectivity index (χ3n) is 1.95. The van der Waals surface area contributed by atoms with Gasteiger partial charge in [-0.3, -0.25) is 15.0 Å². The minimum absolute atomic E-state index is 0.0577. The van der Waals surface area contributed by atoms with Crippen LogP contribution in [0, 0.1) is 5.41 Å². The van der Waals surface area contributed by atoms with Crippen LogP contribution in [-0.4, -0.2) is 18.7 Å². The summed E-state index contributed by atoms with van der Waals surface area (Å²) >= 11 is 0. The maximum absolute atomic E-state index is 11.1. The normalized spacial score (nSPS) is 9.73. The Morgan fingerprint density at radius 1 is 1.47 bits per heavy atom. The fourth-order valence-electron chi connectivity index (χ4n) is 1.12. The summed E-state index contributed by atoms with van der Waals surface area (Å²) in [6, 6.07) is 6.90. The van der Waals surface area contributed by atoms with E-state index in [-0.39, 0.29) is 5.71 Å². The van der Waals surface area contributed by atoms with E-state index in [1.807, 2.05) is 0 Å². The van der Waals surface area contributed by atoms with Crippen molar-refractivity contribution < 1.29 is 9.63 Å². The zero-order valence-electron chi connectivity index (χ0n) is 8.41. The molecule has 0 atom stereocenters. The summed E-state index contributed by atoms with van der Waals surface area (Å²) in [5.41, 5.74) is 1.40. The fraction of sp³-hybridized carbons (Fsp3) is 0.200. The Hall–Kier alpha value is -1.72. The van der Waals surface area contributed by atoms with Crippen LogP contribution in [0.3, 0.4) is 0 Å². The van der Waals surface area contributed by atoms with Crippen molar-refractivity contribution in [3.63, 3.8) is 0 Å². The molecule has 0 saturated carbocycles. The number of rotatable bonds is 4. The number of likely N-dealkylation sites (N-methyl/N-ethyl adjacent to an activating group) is 1. The van der Waals surface area contributed by atoms with E-state index in [2.05, 4.69) is 10.2 Å². The van der Waals surface area contributed by atoms with Gasteiger partial charge in [0.15, 0.2) is 0 Å². The van der Waals surface area contributed by atoms with Crippen LogP contribution in [0.1, 0.15) is 11.1 Å². The summed E-state index contributed by atoms with van der Waals surface area (Å²) in [6.07, 6.45) is 0. The fourth-order valence-corrected chi connectivity index (χ4v) is 1.12. The van der Waals surface area contributed by atoms with Crippen molar-refractivity contribution in [2.24, 2.45) is 5.90 Å². The van der Waals surface area contributed by atoms with Crippen LogP contribution >= 0.6 is 0 Å². The lowest BCUT2D eigenvalue weighted by Crippen LogP contribution is -2.27. The second kappa shape index (κ2) is 5.23. The Balaban J connectivity index is 2.80. The quantitative estimate of drug-likeness (QED) is 0.486. The van der Waals surface area contributed by atoms with Gasteiger partial charge >= 0.3 is 0 Å². The zero-order valence-corrected chi connectivity index (χ0v) is 8.41. The molecule has 0 saturated heterocycles. The molecule has 1 aromatic rings. The van der Waals surface area contributed by atoms with Crippen molar-refractivity contribution in [2.45, 2.75) is 6.61 Å². The molecule has 5 nitrogen and oxygen atoms in total. The molecule has 5 heteroatoms. The van der Waals surface area contributed by atoms with E-state index < -0.39 is 5.91 Å². The second-order valence-electron chi connectivity index (χ2n) is 2.96. The molecule has 0 radical (unpaired) electrons. The summed E-state index contributed by atoms with van der Waals surface area (Å²) in [5.74, 6) is 4.52. The van der Waals surface area contributed by atoms with Crippen molar-refractivity contribution >= 4 is 11.6 Å². The van der Waals surface area contributed by atoms with Crippen molar-refractivity contribution in [3.8, 4) is 0 Å². The molecule has 0 unspecified atom stereocenters. The van der Waals surface area contributed by atoms with Crippen LogP contribution in [-0.2, 0) is 16.2 Å². The van der Waals surface area contributed by atoms with Crippen molar-refractivity contribution in [3.05, 3.63) is 35.4 Å². The maximum Gasteiger partial charge on any atom is 0.269 e. The van der Waals surface area contributed by atoms with E-state index in [0.29, 0.717) is 12.2 Å². The predicted octanol–water partition coefficient (Wildman–Crippen LogP) is 0.191. The molecule has 0 aliphatic carbocycles. The van der Waals surface area contributed by atoms with Crippen LogP contribution < -0.4 is 11.2 Å². The monoisotopic (exact) mass is 207 g/mol. The highest BCUT2D eigenvalue weighted by atomic mass is 16.6. The molecule has 1 amide bonds. The Labute approximate surface area is 87.7 Å². The lowest BCUT2D eigenvalue weighted by atomic mass is 10.1. The average molecular weight is 207 g/mol. The molecule has 1 aromatic carbocycles. The third-order valence-corrected chi connectivity index (χ3v) is 1.95. The highest BCUT2D eigenvalue weighted by Crippen LogP contribution is 2.05. The number of hydrogen-bond donors (Lipinski definition) is 3. The van der Waals surface area contributed by atoms with Crippen LogP contribution in [0.2, 0.25) is 0 Å². The van der Waals surface area contributed by atoms with Gasteiger partial charge in [-0.05, 0) is 5.56 Å². The molecule has 80 valence electrons. The number of amides is 1. The van der Waals surface area contributed by atoms with Crippen LogP contribution in [0.15, 0.2) is 24.3 Å². The molecule has 1 rings (SSSR count). The predicted molar refractivity (Wildman–Crippen MR) is 56.3 cm³/mol. The molecule has 15 heavy (non-hydrogen) atoms. The first kappa shape index (κ1) is 11.4. The van der Waals surface area contributed by atoms with Gasteiger partial charge in [-0.1, -0.05) is 24.3 Å². The molecule has 0 aromatic heterocycles.